The smallest absolute Gasteiger partial charge is 0.371 e. The normalized spacial score (nSPS) is 12.0. The van der Waals surface area contributed by atoms with Gasteiger partial charge in [0.05, 0.1) is 6.54 Å². The summed E-state index contributed by atoms with van der Waals surface area (Å²) in [5.74, 6) is -1.90. The van der Waals surface area contributed by atoms with Crippen molar-refractivity contribution in [1.82, 2.24) is 4.31 Å². The van der Waals surface area contributed by atoms with Gasteiger partial charge in [0.2, 0.25) is 0 Å². The molecule has 0 aliphatic heterocycles. The minimum absolute atomic E-state index is 0.0711. The molecule has 0 N–H and O–H groups in total. The quantitative estimate of drug-likeness (QED) is 0.588. The summed E-state index contributed by atoms with van der Waals surface area (Å²) in [5.41, 5.74) is 1.28. The molecule has 2 aromatic carbocycles. The lowest BCUT2D eigenvalue weighted by Gasteiger charge is -2.25. The average molecular weight is 415 g/mol. The fourth-order valence-electron chi connectivity index (χ4n) is 2.51. The number of nitrogens with zero attached hydrogens (tertiary/aromatic N) is 1. The molecule has 0 saturated heterocycles. The monoisotopic (exact) mass is 415 g/mol. The Hall–Kier alpha value is -2.07. The Labute approximate surface area is 163 Å². The summed E-state index contributed by atoms with van der Waals surface area (Å²) in [4.78, 5) is 0. The van der Waals surface area contributed by atoms with E-state index in [9.17, 15) is 17.2 Å². The van der Waals surface area contributed by atoms with Crippen LogP contribution >= 0.6 is 0 Å². The van der Waals surface area contributed by atoms with Gasteiger partial charge in [-0.25, -0.2) is 8.78 Å². The van der Waals surface area contributed by atoms with Gasteiger partial charge in [0.1, 0.15) is 5.75 Å². The third-order valence-electron chi connectivity index (χ3n) is 4.05. The van der Waals surface area contributed by atoms with Crippen LogP contribution in [0.25, 0.3) is 0 Å². The second kappa shape index (κ2) is 9.42. The van der Waals surface area contributed by atoms with E-state index in [-0.39, 0.29) is 30.0 Å². The molecule has 0 aromatic heterocycles. The van der Waals surface area contributed by atoms with Crippen molar-refractivity contribution in [2.24, 2.45) is 0 Å². The number of hydrogen-bond acceptors (Lipinski definition) is 5. The van der Waals surface area contributed by atoms with Crippen molar-refractivity contribution in [3.05, 3.63) is 64.7 Å². The Kier molecular flexibility index (Phi) is 7.48. The Morgan fingerprint density at radius 1 is 1.04 bits per heavy atom. The second-order valence-corrected chi connectivity index (χ2v) is 7.79. The Morgan fingerprint density at radius 3 is 2.18 bits per heavy atom. The second-order valence-electron chi connectivity index (χ2n) is 6.26. The van der Waals surface area contributed by atoms with Crippen LogP contribution in [0.5, 0.6) is 5.75 Å². The van der Waals surface area contributed by atoms with E-state index in [1.807, 2.05) is 6.92 Å². The number of aryl methyl sites for hydroxylation is 2. The fourth-order valence-corrected chi connectivity index (χ4v) is 3.58. The van der Waals surface area contributed by atoms with Gasteiger partial charge in [0.25, 0.3) is 0 Å². The molecule has 0 fully saturated rings. The number of hydrogen-bond donors (Lipinski definition) is 0. The van der Waals surface area contributed by atoms with E-state index in [0.29, 0.717) is 0 Å². The zero-order valence-corrected chi connectivity index (χ0v) is 16.9. The summed E-state index contributed by atoms with van der Waals surface area (Å²) < 4.78 is 69.2. The highest BCUT2D eigenvalue weighted by Gasteiger charge is 2.28. The molecule has 2 aromatic rings. The highest BCUT2D eigenvalue weighted by Crippen LogP contribution is 2.21. The molecule has 2 rings (SSSR count). The number of ether oxygens (including phenoxy) is 2. The summed E-state index contributed by atoms with van der Waals surface area (Å²) in [7, 11) is -1.56. The molecule has 0 aliphatic rings. The summed E-state index contributed by atoms with van der Waals surface area (Å²) in [5, 5.41) is 0. The van der Waals surface area contributed by atoms with Gasteiger partial charge in [-0.05, 0) is 43.2 Å². The highest BCUT2D eigenvalue weighted by atomic mass is 32.2. The molecule has 9 heteroatoms. The van der Waals surface area contributed by atoms with Crippen LogP contribution in [0.15, 0.2) is 36.4 Å². The van der Waals surface area contributed by atoms with E-state index < -0.39 is 28.2 Å². The molecule has 0 heterocycles. The summed E-state index contributed by atoms with van der Waals surface area (Å²) in [6.45, 7) is 2.79. The number of benzene rings is 2. The van der Waals surface area contributed by atoms with Crippen LogP contribution in [0.2, 0.25) is 0 Å². The number of halogens is 2. The average Bonchev–Trinajstić information content (AvgIpc) is 2.64. The van der Waals surface area contributed by atoms with Crippen LogP contribution in [0.4, 0.5) is 8.78 Å². The third kappa shape index (κ3) is 5.71. The fraction of sp³-hybridized carbons (Fsp3) is 0.368. The largest absolute Gasteiger partial charge is 0.385 e. The Balaban J connectivity index is 2.33. The van der Waals surface area contributed by atoms with Crippen molar-refractivity contribution in [1.29, 1.82) is 0 Å². The maximum atomic E-state index is 13.7. The molecule has 0 aliphatic carbocycles. The van der Waals surface area contributed by atoms with Crippen LogP contribution in [-0.2, 0) is 26.3 Å². The molecule has 0 unspecified atom stereocenters. The van der Waals surface area contributed by atoms with Crippen LogP contribution < -0.4 is 4.18 Å². The van der Waals surface area contributed by atoms with Crippen LogP contribution in [0.1, 0.15) is 16.7 Å². The van der Waals surface area contributed by atoms with Gasteiger partial charge in [0, 0.05) is 20.8 Å². The van der Waals surface area contributed by atoms with E-state index in [1.54, 1.807) is 12.1 Å². The summed E-state index contributed by atoms with van der Waals surface area (Å²) in [6.07, 6.45) is -0.872. The lowest BCUT2D eigenvalue weighted by atomic mass is 10.1. The van der Waals surface area contributed by atoms with Crippen molar-refractivity contribution in [2.45, 2.75) is 26.7 Å². The van der Waals surface area contributed by atoms with Crippen molar-refractivity contribution in [2.75, 3.05) is 20.8 Å². The van der Waals surface area contributed by atoms with Gasteiger partial charge in [-0.1, -0.05) is 23.8 Å². The molecule has 0 bridgehead atoms. The molecular formula is C19H23F2NO5S. The molecular weight excluding hydrogens is 392 g/mol. The summed E-state index contributed by atoms with van der Waals surface area (Å²) in [6, 6.07) is 8.79. The van der Waals surface area contributed by atoms with Crippen LogP contribution in [0, 0.1) is 25.5 Å². The van der Waals surface area contributed by atoms with Gasteiger partial charge < -0.3 is 13.7 Å². The molecule has 0 radical (unpaired) electrons. The molecule has 0 spiro atoms. The van der Waals surface area contributed by atoms with Gasteiger partial charge in [0.15, 0.2) is 17.9 Å². The molecule has 6 nitrogen and oxygen atoms in total. The first-order valence-electron chi connectivity index (χ1n) is 8.42. The first-order valence-corrected chi connectivity index (χ1v) is 9.79. The zero-order chi connectivity index (χ0) is 20.9. The van der Waals surface area contributed by atoms with Crippen molar-refractivity contribution < 1.29 is 30.9 Å². The maximum absolute atomic E-state index is 13.7. The van der Waals surface area contributed by atoms with Crippen LogP contribution in [-0.4, -0.2) is 39.8 Å². The molecule has 0 saturated carbocycles. The Morgan fingerprint density at radius 2 is 1.64 bits per heavy atom. The standard InChI is InChI=1S/C19H23F2NO5S/c1-13-5-7-16(8-6-13)27-28(23,24)22(12-18(25-3)26-4)11-15-9-14(2)19(21)17(20)10-15/h5-10,18H,11-12H2,1-4H3. The predicted molar refractivity (Wildman–Crippen MR) is 100 cm³/mol. The maximum Gasteiger partial charge on any atom is 0.385 e. The zero-order valence-electron chi connectivity index (χ0n) is 16.1. The van der Waals surface area contributed by atoms with E-state index >= 15 is 0 Å². The van der Waals surface area contributed by atoms with Crippen molar-refractivity contribution in [3.63, 3.8) is 0 Å². The topological polar surface area (TPSA) is 65.1 Å². The lowest BCUT2D eigenvalue weighted by Crippen LogP contribution is -2.40. The number of rotatable bonds is 9. The Bertz CT molecular complexity index is 876. The van der Waals surface area contributed by atoms with Crippen LogP contribution in [0.3, 0.4) is 0 Å². The van der Waals surface area contributed by atoms with E-state index in [1.165, 1.54) is 39.3 Å². The van der Waals surface area contributed by atoms with Crippen molar-refractivity contribution in [3.8, 4) is 5.75 Å². The van der Waals surface area contributed by atoms with Gasteiger partial charge >= 0.3 is 10.3 Å². The molecule has 28 heavy (non-hydrogen) atoms. The predicted octanol–water partition coefficient (Wildman–Crippen LogP) is 3.33. The van der Waals surface area contributed by atoms with E-state index in [4.69, 9.17) is 13.7 Å². The third-order valence-corrected chi connectivity index (χ3v) is 5.36. The first kappa shape index (κ1) is 22.2. The lowest BCUT2D eigenvalue weighted by molar-refractivity contribution is -0.109. The highest BCUT2D eigenvalue weighted by molar-refractivity contribution is 7.84. The SMILES string of the molecule is COC(CN(Cc1cc(C)c(F)c(F)c1)S(=O)(=O)Oc1ccc(C)cc1)OC. The van der Waals surface area contributed by atoms with Gasteiger partial charge in [-0.3, -0.25) is 0 Å². The molecule has 0 atom stereocenters. The number of methoxy groups -OCH3 is 2. The first-order chi connectivity index (χ1) is 13.2. The van der Waals surface area contributed by atoms with Gasteiger partial charge in [-0.2, -0.15) is 12.7 Å². The van der Waals surface area contributed by atoms with Gasteiger partial charge in [-0.15, -0.1) is 0 Å². The minimum Gasteiger partial charge on any atom is -0.371 e. The summed E-state index contributed by atoms with van der Waals surface area (Å²) >= 11 is 0. The molecule has 154 valence electrons. The van der Waals surface area contributed by atoms with Crippen molar-refractivity contribution >= 4 is 10.3 Å². The minimum atomic E-state index is -4.28. The van der Waals surface area contributed by atoms with E-state index in [0.717, 1.165) is 15.9 Å². The van der Waals surface area contributed by atoms with E-state index in [2.05, 4.69) is 0 Å². The molecule has 0 amide bonds.